The van der Waals surface area contributed by atoms with Gasteiger partial charge < -0.3 is 20.7 Å². The molecule has 1 heterocycles. The first-order valence-electron chi connectivity index (χ1n) is 12.9. The van der Waals surface area contributed by atoms with E-state index in [1.54, 1.807) is 5.38 Å². The van der Waals surface area contributed by atoms with Gasteiger partial charge in [0, 0.05) is 17.1 Å². The highest BCUT2D eigenvalue weighted by atomic mass is 32.1. The van der Waals surface area contributed by atoms with Gasteiger partial charge >= 0.3 is 6.03 Å². The van der Waals surface area contributed by atoms with Crippen LogP contribution in [0.1, 0.15) is 77.6 Å². The molecule has 4 rings (SSSR count). The Kier molecular flexibility index (Phi) is 8.82. The van der Waals surface area contributed by atoms with Crippen molar-refractivity contribution in [3.05, 3.63) is 75.2 Å². The molecule has 7 nitrogen and oxygen atoms in total. The molecule has 3 aromatic rings. The van der Waals surface area contributed by atoms with E-state index in [2.05, 4.69) is 46.9 Å². The molecule has 1 saturated carbocycles. The summed E-state index contributed by atoms with van der Waals surface area (Å²) < 4.78 is 5.86. The Labute approximate surface area is 223 Å². The Hall–Kier alpha value is -3.39. The van der Waals surface area contributed by atoms with Crippen molar-refractivity contribution in [1.82, 2.24) is 15.6 Å². The molecule has 3 N–H and O–H groups in total. The molecule has 0 saturated heterocycles. The minimum absolute atomic E-state index is 0.139. The maximum Gasteiger partial charge on any atom is 0.319 e. The summed E-state index contributed by atoms with van der Waals surface area (Å²) in [5.74, 6) is 1.03. The zero-order chi connectivity index (χ0) is 26.4. The smallest absolute Gasteiger partial charge is 0.319 e. The number of aromatic nitrogens is 1. The second-order valence-corrected chi connectivity index (χ2v) is 10.9. The van der Waals surface area contributed by atoms with Crippen molar-refractivity contribution in [1.29, 1.82) is 0 Å². The number of hydrogen-bond donors (Lipinski definition) is 3. The number of aryl methyl sites for hydroxylation is 2. The maximum atomic E-state index is 13.0. The predicted molar refractivity (Wildman–Crippen MR) is 149 cm³/mol. The minimum Gasteiger partial charge on any atom is -0.486 e. The number of carbonyl (C=O) groups excluding carboxylic acids is 2. The van der Waals surface area contributed by atoms with E-state index >= 15 is 0 Å². The maximum absolute atomic E-state index is 13.0. The van der Waals surface area contributed by atoms with E-state index in [1.807, 2.05) is 44.2 Å². The third-order valence-corrected chi connectivity index (χ3v) is 7.68. The molecule has 0 aliphatic heterocycles. The Balaban J connectivity index is 1.30. The summed E-state index contributed by atoms with van der Waals surface area (Å²) in [5.41, 5.74) is 4.70. The molecule has 2 aromatic carbocycles. The summed E-state index contributed by atoms with van der Waals surface area (Å²) in [5, 5.41) is 11.6. The molecule has 3 amide bonds. The third kappa shape index (κ3) is 7.32. The molecule has 0 unspecified atom stereocenters. The van der Waals surface area contributed by atoms with Gasteiger partial charge in [0.25, 0.3) is 5.91 Å². The number of carbonyl (C=O) groups is 2. The monoisotopic (exact) mass is 520 g/mol. The highest BCUT2D eigenvalue weighted by Crippen LogP contribution is 2.22. The Morgan fingerprint density at radius 1 is 1.00 bits per heavy atom. The lowest BCUT2D eigenvalue weighted by molar-refractivity contribution is 0.0911. The van der Waals surface area contributed by atoms with Gasteiger partial charge in [-0.2, -0.15) is 0 Å². The molecule has 0 bridgehead atoms. The fourth-order valence-electron chi connectivity index (χ4n) is 4.45. The normalized spacial score (nSPS) is 17.3. The average Bonchev–Trinajstić information content (AvgIpc) is 3.36. The van der Waals surface area contributed by atoms with Crippen LogP contribution in [0.4, 0.5) is 10.5 Å². The molecule has 1 aromatic heterocycles. The second-order valence-electron chi connectivity index (χ2n) is 10.0. The lowest BCUT2D eigenvalue weighted by atomic mass is 9.90. The highest BCUT2D eigenvalue weighted by molar-refractivity contribution is 7.09. The summed E-state index contributed by atoms with van der Waals surface area (Å²) in [4.78, 5) is 30.1. The summed E-state index contributed by atoms with van der Waals surface area (Å²) in [6.45, 7) is 8.68. The van der Waals surface area contributed by atoms with Crippen molar-refractivity contribution in [3.8, 4) is 5.75 Å². The van der Waals surface area contributed by atoms with E-state index in [-0.39, 0.29) is 24.0 Å². The molecule has 1 aliphatic rings. The van der Waals surface area contributed by atoms with E-state index in [9.17, 15) is 9.59 Å². The van der Waals surface area contributed by atoms with Crippen molar-refractivity contribution in [2.45, 2.75) is 78.0 Å². The van der Waals surface area contributed by atoms with E-state index in [1.165, 1.54) is 22.5 Å². The van der Waals surface area contributed by atoms with Crippen molar-refractivity contribution in [2.75, 3.05) is 5.32 Å². The van der Waals surface area contributed by atoms with Crippen LogP contribution in [0.5, 0.6) is 5.75 Å². The van der Waals surface area contributed by atoms with Crippen molar-refractivity contribution >= 4 is 29.0 Å². The van der Waals surface area contributed by atoms with Crippen molar-refractivity contribution < 1.29 is 14.3 Å². The van der Waals surface area contributed by atoms with Crippen LogP contribution in [0.3, 0.4) is 0 Å². The first-order valence-corrected chi connectivity index (χ1v) is 13.8. The number of thiazole rings is 1. The molecule has 1 aliphatic carbocycles. The van der Waals surface area contributed by atoms with Crippen LogP contribution in [0.2, 0.25) is 0 Å². The number of amides is 3. The number of benzene rings is 2. The van der Waals surface area contributed by atoms with Gasteiger partial charge in [-0.3, -0.25) is 4.79 Å². The Bertz CT molecular complexity index is 1220. The standard InChI is InChI=1S/C29H36N4O3S/c1-18(2)21-10-13-23(14-11-21)36-16-27-31-26(17-37-27)28(34)32-24-7-5-6-8-25(24)33-29(35)30-22-12-9-19(3)20(4)15-22/h9-15,17-18,24-25H,5-8,16H2,1-4H3,(H,32,34)(H2,30,33,35)/t24-,25-/m0/s1. The average molecular weight is 521 g/mol. The van der Waals surface area contributed by atoms with E-state index in [0.29, 0.717) is 18.2 Å². The van der Waals surface area contributed by atoms with Crippen LogP contribution < -0.4 is 20.7 Å². The molecule has 0 radical (unpaired) electrons. The van der Waals surface area contributed by atoms with Crippen LogP contribution >= 0.6 is 11.3 Å². The highest BCUT2D eigenvalue weighted by Gasteiger charge is 2.28. The van der Waals surface area contributed by atoms with Gasteiger partial charge in [-0.25, -0.2) is 9.78 Å². The van der Waals surface area contributed by atoms with Crippen LogP contribution in [0.15, 0.2) is 47.8 Å². The van der Waals surface area contributed by atoms with Gasteiger partial charge in [-0.1, -0.05) is 44.9 Å². The largest absolute Gasteiger partial charge is 0.486 e. The van der Waals surface area contributed by atoms with E-state index < -0.39 is 0 Å². The van der Waals surface area contributed by atoms with Crippen LogP contribution in [0.25, 0.3) is 0 Å². The molecule has 1 fully saturated rings. The Morgan fingerprint density at radius 2 is 1.70 bits per heavy atom. The topological polar surface area (TPSA) is 92.4 Å². The number of urea groups is 1. The SMILES string of the molecule is Cc1ccc(NC(=O)N[C@H]2CCCC[C@@H]2NC(=O)c2csc(COc3ccc(C(C)C)cc3)n2)cc1C. The zero-order valence-electron chi connectivity index (χ0n) is 22.0. The quantitative estimate of drug-likeness (QED) is 0.324. The number of nitrogens with one attached hydrogen (secondary N) is 3. The number of rotatable bonds is 8. The first-order chi connectivity index (χ1) is 17.8. The lowest BCUT2D eigenvalue weighted by Gasteiger charge is -2.32. The number of nitrogens with zero attached hydrogens (tertiary/aromatic N) is 1. The second kappa shape index (κ2) is 12.2. The van der Waals surface area contributed by atoms with E-state index in [4.69, 9.17) is 4.74 Å². The van der Waals surface area contributed by atoms with Crippen LogP contribution in [0, 0.1) is 13.8 Å². The molecule has 0 spiro atoms. The summed E-state index contributed by atoms with van der Waals surface area (Å²) in [6, 6.07) is 13.4. The van der Waals surface area contributed by atoms with Crippen molar-refractivity contribution in [2.24, 2.45) is 0 Å². The summed E-state index contributed by atoms with van der Waals surface area (Å²) in [6.07, 6.45) is 3.65. The summed E-state index contributed by atoms with van der Waals surface area (Å²) >= 11 is 1.41. The van der Waals surface area contributed by atoms with Crippen LogP contribution in [-0.2, 0) is 6.61 Å². The number of anilines is 1. The zero-order valence-corrected chi connectivity index (χ0v) is 22.8. The Morgan fingerprint density at radius 3 is 2.38 bits per heavy atom. The minimum atomic E-state index is -0.260. The predicted octanol–water partition coefficient (Wildman–Crippen LogP) is 6.33. The van der Waals surface area contributed by atoms with Crippen LogP contribution in [-0.4, -0.2) is 29.0 Å². The first kappa shape index (κ1) is 26.7. The van der Waals surface area contributed by atoms with Gasteiger partial charge in [0.15, 0.2) is 0 Å². The third-order valence-electron chi connectivity index (χ3n) is 6.86. The fraction of sp³-hybridized carbons (Fsp3) is 0.414. The van der Waals surface area contributed by atoms with Crippen molar-refractivity contribution in [3.63, 3.8) is 0 Å². The number of ether oxygens (including phenoxy) is 1. The van der Waals surface area contributed by atoms with Gasteiger partial charge in [0.1, 0.15) is 23.1 Å². The fourth-order valence-corrected chi connectivity index (χ4v) is 5.13. The molecular weight excluding hydrogens is 484 g/mol. The summed E-state index contributed by atoms with van der Waals surface area (Å²) in [7, 11) is 0. The molecule has 37 heavy (non-hydrogen) atoms. The number of hydrogen-bond acceptors (Lipinski definition) is 5. The van der Waals surface area contributed by atoms with Gasteiger partial charge in [0.05, 0.1) is 6.04 Å². The van der Waals surface area contributed by atoms with Gasteiger partial charge in [0.2, 0.25) is 0 Å². The molecule has 2 atom stereocenters. The van der Waals surface area contributed by atoms with E-state index in [0.717, 1.165) is 47.7 Å². The lowest BCUT2D eigenvalue weighted by Crippen LogP contribution is -2.54. The van der Waals surface area contributed by atoms with Gasteiger partial charge in [-0.05, 0) is 73.6 Å². The molecular formula is C29H36N4O3S. The molecule has 196 valence electrons. The molecule has 8 heteroatoms. The van der Waals surface area contributed by atoms with Gasteiger partial charge in [-0.15, -0.1) is 11.3 Å².